The van der Waals surface area contributed by atoms with Gasteiger partial charge in [-0.15, -0.1) is 0 Å². The molecule has 1 aliphatic rings. The molecule has 1 N–H and O–H groups in total. The van der Waals surface area contributed by atoms with Gasteiger partial charge in [0.15, 0.2) is 11.5 Å². The molecular formula is C13H18BrNO2. The van der Waals surface area contributed by atoms with E-state index in [0.717, 1.165) is 34.5 Å². The van der Waals surface area contributed by atoms with Crippen LogP contribution < -0.4 is 14.8 Å². The number of nitrogens with one attached hydrogen (secondary N) is 1. The first-order valence-corrected chi connectivity index (χ1v) is 6.57. The van der Waals surface area contributed by atoms with Gasteiger partial charge in [0.1, 0.15) is 0 Å². The van der Waals surface area contributed by atoms with Crippen LogP contribution in [-0.4, -0.2) is 20.8 Å². The van der Waals surface area contributed by atoms with Crippen molar-refractivity contribution >= 4 is 15.9 Å². The quantitative estimate of drug-likeness (QED) is 0.930. The first kappa shape index (κ1) is 12.7. The van der Waals surface area contributed by atoms with E-state index in [1.807, 2.05) is 6.07 Å². The second-order valence-corrected chi connectivity index (χ2v) is 5.47. The molecule has 1 saturated heterocycles. The second-order valence-electron chi connectivity index (χ2n) is 4.55. The van der Waals surface area contributed by atoms with Crippen molar-refractivity contribution in [1.82, 2.24) is 5.32 Å². The van der Waals surface area contributed by atoms with Crippen LogP contribution in [0.3, 0.4) is 0 Å². The van der Waals surface area contributed by atoms with E-state index in [1.54, 1.807) is 14.2 Å². The first-order valence-electron chi connectivity index (χ1n) is 5.78. The van der Waals surface area contributed by atoms with Crippen molar-refractivity contribution in [3.8, 4) is 11.5 Å². The molecule has 0 aromatic heterocycles. The summed E-state index contributed by atoms with van der Waals surface area (Å²) in [6, 6.07) is 4.04. The van der Waals surface area contributed by atoms with Crippen molar-refractivity contribution in [1.29, 1.82) is 0 Å². The molecule has 1 aromatic rings. The summed E-state index contributed by atoms with van der Waals surface area (Å²) in [5.74, 6) is 1.60. The van der Waals surface area contributed by atoms with E-state index in [0.29, 0.717) is 0 Å². The lowest BCUT2D eigenvalue weighted by Crippen LogP contribution is -2.33. The molecule has 1 heterocycles. The Labute approximate surface area is 111 Å². The number of hydrogen-bond donors (Lipinski definition) is 1. The summed E-state index contributed by atoms with van der Waals surface area (Å²) in [5, 5.41) is 3.55. The molecule has 0 aliphatic carbocycles. The third-order valence-corrected chi connectivity index (χ3v) is 3.86. The number of hydrogen-bond acceptors (Lipinski definition) is 3. The Balaban J connectivity index is 2.55. The van der Waals surface area contributed by atoms with Crippen LogP contribution in [-0.2, 0) is 5.54 Å². The third-order valence-electron chi connectivity index (χ3n) is 3.41. The van der Waals surface area contributed by atoms with Crippen molar-refractivity contribution in [3.05, 3.63) is 22.2 Å². The van der Waals surface area contributed by atoms with Crippen molar-refractivity contribution in [2.45, 2.75) is 25.3 Å². The van der Waals surface area contributed by atoms with Gasteiger partial charge in [0.2, 0.25) is 0 Å². The van der Waals surface area contributed by atoms with E-state index >= 15 is 0 Å². The highest BCUT2D eigenvalue weighted by molar-refractivity contribution is 9.10. The molecule has 94 valence electrons. The van der Waals surface area contributed by atoms with E-state index in [2.05, 4.69) is 34.2 Å². The normalized spacial score (nSPS) is 23.8. The summed E-state index contributed by atoms with van der Waals surface area (Å²) in [6.07, 6.45) is 2.30. The molecule has 1 fully saturated rings. The molecule has 3 nitrogen and oxygen atoms in total. The van der Waals surface area contributed by atoms with Gasteiger partial charge in [-0.05, 0) is 38.4 Å². The predicted molar refractivity (Wildman–Crippen MR) is 71.8 cm³/mol. The van der Waals surface area contributed by atoms with Crippen molar-refractivity contribution in [2.75, 3.05) is 20.8 Å². The molecule has 0 bridgehead atoms. The average molecular weight is 300 g/mol. The largest absolute Gasteiger partial charge is 0.493 e. The molecule has 4 heteroatoms. The van der Waals surface area contributed by atoms with Crippen LogP contribution in [0.25, 0.3) is 0 Å². The fourth-order valence-corrected chi connectivity index (χ4v) is 2.90. The highest BCUT2D eigenvalue weighted by Crippen LogP contribution is 2.43. The summed E-state index contributed by atoms with van der Waals surface area (Å²) in [6.45, 7) is 3.26. The van der Waals surface area contributed by atoms with Gasteiger partial charge in [-0.3, -0.25) is 0 Å². The van der Waals surface area contributed by atoms with Gasteiger partial charge in [-0.25, -0.2) is 0 Å². The highest BCUT2D eigenvalue weighted by atomic mass is 79.9. The van der Waals surface area contributed by atoms with E-state index in [4.69, 9.17) is 9.47 Å². The van der Waals surface area contributed by atoms with Crippen LogP contribution >= 0.6 is 15.9 Å². The third kappa shape index (κ3) is 2.29. The minimum atomic E-state index is -0.0254. The van der Waals surface area contributed by atoms with Crippen LogP contribution in [0.1, 0.15) is 25.3 Å². The second kappa shape index (κ2) is 4.86. The topological polar surface area (TPSA) is 30.5 Å². The summed E-state index contributed by atoms with van der Waals surface area (Å²) in [7, 11) is 3.35. The monoisotopic (exact) mass is 299 g/mol. The maximum Gasteiger partial charge on any atom is 0.165 e. The van der Waals surface area contributed by atoms with Gasteiger partial charge in [-0.1, -0.05) is 15.9 Å². The van der Waals surface area contributed by atoms with Gasteiger partial charge >= 0.3 is 0 Å². The Morgan fingerprint density at radius 2 is 2.06 bits per heavy atom. The molecule has 1 aliphatic heterocycles. The van der Waals surface area contributed by atoms with Crippen molar-refractivity contribution < 1.29 is 9.47 Å². The number of methoxy groups -OCH3 is 2. The SMILES string of the molecule is COc1cc(Br)cc(C2(C)CCCN2)c1OC. The van der Waals surface area contributed by atoms with Crippen LogP contribution in [0.4, 0.5) is 0 Å². The summed E-state index contributed by atoms with van der Waals surface area (Å²) >= 11 is 3.53. The average Bonchev–Trinajstić information content (AvgIpc) is 2.76. The van der Waals surface area contributed by atoms with Gasteiger partial charge < -0.3 is 14.8 Å². The molecule has 1 aromatic carbocycles. The van der Waals surface area contributed by atoms with E-state index in [1.165, 1.54) is 6.42 Å². The van der Waals surface area contributed by atoms with E-state index in [-0.39, 0.29) is 5.54 Å². The Bertz CT molecular complexity index is 414. The first-order chi connectivity index (χ1) is 8.10. The van der Waals surface area contributed by atoms with Crippen LogP contribution in [0.5, 0.6) is 11.5 Å². The van der Waals surface area contributed by atoms with Gasteiger partial charge in [-0.2, -0.15) is 0 Å². The molecule has 0 spiro atoms. The lowest BCUT2D eigenvalue weighted by atomic mass is 9.89. The van der Waals surface area contributed by atoms with E-state index < -0.39 is 0 Å². The molecule has 0 radical (unpaired) electrons. The maximum absolute atomic E-state index is 5.51. The lowest BCUT2D eigenvalue weighted by Gasteiger charge is -2.28. The van der Waals surface area contributed by atoms with Crippen molar-refractivity contribution in [2.24, 2.45) is 0 Å². The minimum Gasteiger partial charge on any atom is -0.493 e. The number of benzene rings is 1. The summed E-state index contributed by atoms with van der Waals surface area (Å²) < 4.78 is 11.9. The molecule has 1 atom stereocenters. The number of rotatable bonds is 3. The van der Waals surface area contributed by atoms with Gasteiger partial charge in [0.25, 0.3) is 0 Å². The molecule has 0 amide bonds. The Hall–Kier alpha value is -0.740. The Kier molecular flexibility index (Phi) is 3.64. The zero-order valence-electron chi connectivity index (χ0n) is 10.5. The Morgan fingerprint density at radius 1 is 1.29 bits per heavy atom. The van der Waals surface area contributed by atoms with Crippen molar-refractivity contribution in [3.63, 3.8) is 0 Å². The fourth-order valence-electron chi connectivity index (χ4n) is 2.47. The van der Waals surface area contributed by atoms with Crippen LogP contribution in [0.2, 0.25) is 0 Å². The fraction of sp³-hybridized carbons (Fsp3) is 0.538. The van der Waals surface area contributed by atoms with E-state index in [9.17, 15) is 0 Å². The molecule has 1 unspecified atom stereocenters. The summed E-state index contributed by atoms with van der Waals surface area (Å²) in [4.78, 5) is 0. The lowest BCUT2D eigenvalue weighted by molar-refractivity contribution is 0.333. The predicted octanol–water partition coefficient (Wildman–Crippen LogP) is 3.06. The zero-order chi connectivity index (χ0) is 12.5. The maximum atomic E-state index is 5.51. The zero-order valence-corrected chi connectivity index (χ0v) is 12.1. The smallest absolute Gasteiger partial charge is 0.165 e. The van der Waals surface area contributed by atoms with Gasteiger partial charge in [0.05, 0.1) is 14.2 Å². The highest BCUT2D eigenvalue weighted by Gasteiger charge is 2.34. The molecule has 2 rings (SSSR count). The standard InChI is InChI=1S/C13H18BrNO2/c1-13(5-4-6-15-13)10-7-9(14)8-11(16-2)12(10)17-3/h7-8,15H,4-6H2,1-3H3. The molecular weight excluding hydrogens is 282 g/mol. The number of halogens is 1. The minimum absolute atomic E-state index is 0.0254. The van der Waals surface area contributed by atoms with Crippen LogP contribution in [0.15, 0.2) is 16.6 Å². The number of ether oxygens (including phenoxy) is 2. The summed E-state index contributed by atoms with van der Waals surface area (Å²) in [5.41, 5.74) is 1.13. The van der Waals surface area contributed by atoms with Gasteiger partial charge in [0, 0.05) is 15.6 Å². The molecule has 17 heavy (non-hydrogen) atoms. The molecule has 0 saturated carbocycles. The van der Waals surface area contributed by atoms with Crippen LogP contribution in [0, 0.1) is 0 Å². The Morgan fingerprint density at radius 3 is 2.59 bits per heavy atom.